The SMILES string of the molecule is CC(NCCOC(C)C(F)(F)F)C1CCCO1. The molecule has 0 saturated carbocycles. The third-order valence-electron chi connectivity index (χ3n) is 2.92. The summed E-state index contributed by atoms with van der Waals surface area (Å²) in [7, 11) is 0. The summed E-state index contributed by atoms with van der Waals surface area (Å²) in [6.07, 6.45) is -3.75. The molecule has 3 atom stereocenters. The number of halogens is 3. The zero-order valence-corrected chi connectivity index (χ0v) is 10.2. The maximum Gasteiger partial charge on any atom is 0.414 e. The van der Waals surface area contributed by atoms with Crippen LogP contribution in [0.5, 0.6) is 0 Å². The second-order valence-electron chi connectivity index (χ2n) is 4.35. The van der Waals surface area contributed by atoms with E-state index in [1.54, 1.807) is 0 Å². The van der Waals surface area contributed by atoms with Crippen LogP contribution in [0.2, 0.25) is 0 Å². The van der Waals surface area contributed by atoms with Gasteiger partial charge >= 0.3 is 6.18 Å². The first-order valence-corrected chi connectivity index (χ1v) is 5.94. The van der Waals surface area contributed by atoms with Gasteiger partial charge in [-0.3, -0.25) is 0 Å². The summed E-state index contributed by atoms with van der Waals surface area (Å²) in [6, 6.07) is 0.155. The van der Waals surface area contributed by atoms with Crippen LogP contribution in [-0.4, -0.2) is 44.2 Å². The van der Waals surface area contributed by atoms with Gasteiger partial charge in [-0.05, 0) is 26.7 Å². The summed E-state index contributed by atoms with van der Waals surface area (Å²) in [5, 5.41) is 3.11. The molecular formula is C11H20F3NO2. The minimum absolute atomic E-state index is 0.0533. The van der Waals surface area contributed by atoms with Gasteiger partial charge < -0.3 is 14.8 Å². The maximum atomic E-state index is 12.1. The van der Waals surface area contributed by atoms with Crippen molar-refractivity contribution in [3.63, 3.8) is 0 Å². The minimum Gasteiger partial charge on any atom is -0.377 e. The second kappa shape index (κ2) is 6.56. The van der Waals surface area contributed by atoms with Crippen molar-refractivity contribution in [1.82, 2.24) is 5.32 Å². The van der Waals surface area contributed by atoms with Gasteiger partial charge in [0.05, 0.1) is 12.7 Å². The predicted molar refractivity (Wildman–Crippen MR) is 57.9 cm³/mol. The van der Waals surface area contributed by atoms with Gasteiger partial charge in [-0.1, -0.05) is 0 Å². The topological polar surface area (TPSA) is 30.5 Å². The Labute approximate surface area is 99.7 Å². The third kappa shape index (κ3) is 5.23. The molecule has 1 aliphatic rings. The number of nitrogens with one attached hydrogen (secondary N) is 1. The number of alkyl halides is 3. The van der Waals surface area contributed by atoms with E-state index in [1.807, 2.05) is 6.92 Å². The van der Waals surface area contributed by atoms with Gasteiger partial charge in [0.25, 0.3) is 0 Å². The van der Waals surface area contributed by atoms with Gasteiger partial charge in [0, 0.05) is 19.2 Å². The first-order valence-electron chi connectivity index (χ1n) is 5.94. The molecule has 0 amide bonds. The van der Waals surface area contributed by atoms with E-state index >= 15 is 0 Å². The monoisotopic (exact) mass is 255 g/mol. The van der Waals surface area contributed by atoms with Gasteiger partial charge in [0.2, 0.25) is 0 Å². The molecule has 0 aromatic carbocycles. The van der Waals surface area contributed by atoms with Gasteiger partial charge in [0.15, 0.2) is 6.10 Å². The lowest BCUT2D eigenvalue weighted by Crippen LogP contribution is -2.39. The summed E-state index contributed by atoms with van der Waals surface area (Å²) in [5.74, 6) is 0. The summed E-state index contributed by atoms with van der Waals surface area (Å²) >= 11 is 0. The Morgan fingerprint density at radius 1 is 1.41 bits per heavy atom. The van der Waals surface area contributed by atoms with Crippen LogP contribution in [0.3, 0.4) is 0 Å². The standard InChI is InChI=1S/C11H20F3NO2/c1-8(10-4-3-6-17-10)15-5-7-16-9(2)11(12,13)14/h8-10,15H,3-7H2,1-2H3. The Morgan fingerprint density at radius 2 is 2.12 bits per heavy atom. The molecule has 17 heavy (non-hydrogen) atoms. The van der Waals surface area contributed by atoms with Crippen LogP contribution in [0.25, 0.3) is 0 Å². The van der Waals surface area contributed by atoms with Crippen molar-refractivity contribution in [1.29, 1.82) is 0 Å². The average molecular weight is 255 g/mol. The molecule has 0 spiro atoms. The van der Waals surface area contributed by atoms with Crippen molar-refractivity contribution in [2.24, 2.45) is 0 Å². The number of hydrogen-bond acceptors (Lipinski definition) is 3. The lowest BCUT2D eigenvalue weighted by atomic mass is 10.1. The molecule has 1 N–H and O–H groups in total. The van der Waals surface area contributed by atoms with Crippen LogP contribution in [0.15, 0.2) is 0 Å². The first-order chi connectivity index (χ1) is 7.91. The highest BCUT2D eigenvalue weighted by Gasteiger charge is 2.36. The second-order valence-corrected chi connectivity index (χ2v) is 4.35. The molecule has 6 heteroatoms. The highest BCUT2D eigenvalue weighted by molar-refractivity contribution is 4.76. The van der Waals surface area contributed by atoms with E-state index in [0.717, 1.165) is 26.4 Å². The molecule has 3 unspecified atom stereocenters. The molecule has 1 saturated heterocycles. The zero-order valence-electron chi connectivity index (χ0n) is 10.2. The van der Waals surface area contributed by atoms with Crippen molar-refractivity contribution in [3.8, 4) is 0 Å². The van der Waals surface area contributed by atoms with Crippen molar-refractivity contribution in [3.05, 3.63) is 0 Å². The summed E-state index contributed by atoms with van der Waals surface area (Å²) in [4.78, 5) is 0. The van der Waals surface area contributed by atoms with Crippen molar-refractivity contribution in [2.45, 2.75) is 51.1 Å². The Kier molecular flexibility index (Phi) is 5.69. The first kappa shape index (κ1) is 14.7. The molecule has 3 nitrogen and oxygen atoms in total. The summed E-state index contributed by atoms with van der Waals surface area (Å²) in [6.45, 7) is 4.23. The van der Waals surface area contributed by atoms with Crippen LogP contribution in [0.1, 0.15) is 26.7 Å². The van der Waals surface area contributed by atoms with E-state index in [4.69, 9.17) is 9.47 Å². The molecule has 1 fully saturated rings. The van der Waals surface area contributed by atoms with Crippen LogP contribution in [-0.2, 0) is 9.47 Å². The average Bonchev–Trinajstić information content (AvgIpc) is 2.75. The molecule has 0 aromatic heterocycles. The fraction of sp³-hybridized carbons (Fsp3) is 1.00. The van der Waals surface area contributed by atoms with Gasteiger partial charge in [-0.2, -0.15) is 13.2 Å². The smallest absolute Gasteiger partial charge is 0.377 e. The normalized spacial score (nSPS) is 24.9. The summed E-state index contributed by atoms with van der Waals surface area (Å²) < 4.78 is 46.5. The highest BCUT2D eigenvalue weighted by atomic mass is 19.4. The molecular weight excluding hydrogens is 235 g/mol. The van der Waals surface area contributed by atoms with Crippen LogP contribution in [0, 0.1) is 0 Å². The molecule has 0 aromatic rings. The lowest BCUT2D eigenvalue weighted by Gasteiger charge is -2.21. The number of hydrogen-bond donors (Lipinski definition) is 1. The largest absolute Gasteiger partial charge is 0.414 e. The molecule has 0 aliphatic carbocycles. The van der Waals surface area contributed by atoms with Crippen LogP contribution in [0.4, 0.5) is 13.2 Å². The van der Waals surface area contributed by atoms with Crippen molar-refractivity contribution >= 4 is 0 Å². The van der Waals surface area contributed by atoms with Crippen LogP contribution >= 0.6 is 0 Å². The Hall–Kier alpha value is -0.330. The van der Waals surface area contributed by atoms with E-state index in [2.05, 4.69) is 5.32 Å². The molecule has 0 radical (unpaired) electrons. The van der Waals surface area contributed by atoms with Gasteiger partial charge in [0.1, 0.15) is 0 Å². The maximum absolute atomic E-state index is 12.1. The Morgan fingerprint density at radius 3 is 2.65 bits per heavy atom. The summed E-state index contributed by atoms with van der Waals surface area (Å²) in [5.41, 5.74) is 0. The minimum atomic E-state index is -4.28. The zero-order chi connectivity index (χ0) is 12.9. The Balaban J connectivity index is 2.07. The van der Waals surface area contributed by atoms with Gasteiger partial charge in [-0.25, -0.2) is 0 Å². The third-order valence-corrected chi connectivity index (χ3v) is 2.92. The fourth-order valence-electron chi connectivity index (χ4n) is 1.75. The Bertz CT molecular complexity index is 217. The van der Waals surface area contributed by atoms with Gasteiger partial charge in [-0.15, -0.1) is 0 Å². The van der Waals surface area contributed by atoms with E-state index in [-0.39, 0.29) is 18.8 Å². The fourth-order valence-corrected chi connectivity index (χ4v) is 1.75. The number of ether oxygens (including phenoxy) is 2. The quantitative estimate of drug-likeness (QED) is 0.737. The molecule has 1 rings (SSSR count). The molecule has 1 heterocycles. The molecule has 102 valence electrons. The number of rotatable bonds is 6. The molecule has 1 aliphatic heterocycles. The van der Waals surface area contributed by atoms with E-state index in [0.29, 0.717) is 6.54 Å². The van der Waals surface area contributed by atoms with Crippen LogP contribution < -0.4 is 5.32 Å². The van der Waals surface area contributed by atoms with Crippen molar-refractivity contribution in [2.75, 3.05) is 19.8 Å². The lowest BCUT2D eigenvalue weighted by molar-refractivity contribution is -0.213. The van der Waals surface area contributed by atoms with E-state index < -0.39 is 12.3 Å². The van der Waals surface area contributed by atoms with Crippen molar-refractivity contribution < 1.29 is 22.6 Å². The van der Waals surface area contributed by atoms with E-state index in [9.17, 15) is 13.2 Å². The van der Waals surface area contributed by atoms with E-state index in [1.165, 1.54) is 0 Å². The predicted octanol–water partition coefficient (Wildman–Crippen LogP) is 2.11. The highest BCUT2D eigenvalue weighted by Crippen LogP contribution is 2.22. The molecule has 0 bridgehead atoms.